The zero-order valence-electron chi connectivity index (χ0n) is 7.37. The van der Waals surface area contributed by atoms with Crippen molar-refractivity contribution < 1.29 is 9.47 Å². The molecule has 0 aromatic rings. The van der Waals surface area contributed by atoms with E-state index >= 15 is 0 Å². The highest BCUT2D eigenvalue weighted by Crippen LogP contribution is 1.99. The number of rotatable bonds is 8. The molecule has 3 nitrogen and oxygen atoms in total. The van der Waals surface area contributed by atoms with Gasteiger partial charge in [-0.05, 0) is 6.54 Å². The van der Waals surface area contributed by atoms with E-state index in [-0.39, 0.29) is 6.29 Å². The lowest BCUT2D eigenvalue weighted by Gasteiger charge is -2.15. The van der Waals surface area contributed by atoms with Crippen molar-refractivity contribution in [3.63, 3.8) is 0 Å². The van der Waals surface area contributed by atoms with Gasteiger partial charge in [0.2, 0.25) is 0 Å². The highest BCUT2D eigenvalue weighted by atomic mass is 16.7. The second kappa shape index (κ2) is 8.46. The van der Waals surface area contributed by atoms with Crippen LogP contribution in [-0.4, -0.2) is 26.0 Å². The molecular weight excluding hydrogens is 154 g/mol. The molecule has 0 atom stereocenters. The van der Waals surface area contributed by atoms with Gasteiger partial charge >= 0.3 is 0 Å². The van der Waals surface area contributed by atoms with Gasteiger partial charge in [-0.3, -0.25) is 0 Å². The topological polar surface area (TPSA) is 44.5 Å². The Kier molecular flexibility index (Phi) is 8.01. The van der Waals surface area contributed by atoms with Gasteiger partial charge in [0.15, 0.2) is 6.29 Å². The summed E-state index contributed by atoms with van der Waals surface area (Å²) in [7, 11) is 0. The molecule has 2 N–H and O–H groups in total. The van der Waals surface area contributed by atoms with Gasteiger partial charge in [0.05, 0.1) is 13.2 Å². The van der Waals surface area contributed by atoms with Gasteiger partial charge in [-0.1, -0.05) is 12.2 Å². The summed E-state index contributed by atoms with van der Waals surface area (Å²) in [5.74, 6) is 0. The van der Waals surface area contributed by atoms with Crippen molar-refractivity contribution in [3.8, 4) is 0 Å². The van der Waals surface area contributed by atoms with Crippen molar-refractivity contribution in [2.75, 3.05) is 19.8 Å². The number of nitrogens with two attached hydrogens (primary N) is 1. The SMILES string of the molecule is C=CCOC(CCN)OCC=C. The highest BCUT2D eigenvalue weighted by Gasteiger charge is 2.05. The smallest absolute Gasteiger partial charge is 0.159 e. The normalized spacial score (nSPS) is 10.2. The summed E-state index contributed by atoms with van der Waals surface area (Å²) in [5.41, 5.74) is 5.36. The van der Waals surface area contributed by atoms with Crippen LogP contribution in [0.5, 0.6) is 0 Å². The minimum absolute atomic E-state index is 0.231. The minimum Gasteiger partial charge on any atom is -0.349 e. The molecule has 0 aromatic heterocycles. The van der Waals surface area contributed by atoms with E-state index in [0.29, 0.717) is 26.2 Å². The average molecular weight is 171 g/mol. The lowest BCUT2D eigenvalue weighted by atomic mass is 10.4. The van der Waals surface area contributed by atoms with Gasteiger partial charge in [0, 0.05) is 6.42 Å². The quantitative estimate of drug-likeness (QED) is 0.439. The molecule has 0 spiro atoms. The van der Waals surface area contributed by atoms with Crippen LogP contribution in [-0.2, 0) is 9.47 Å². The first-order valence-electron chi connectivity index (χ1n) is 4.00. The van der Waals surface area contributed by atoms with Gasteiger partial charge in [0.25, 0.3) is 0 Å². The van der Waals surface area contributed by atoms with Gasteiger partial charge in [-0.2, -0.15) is 0 Å². The summed E-state index contributed by atoms with van der Waals surface area (Å²) in [6.07, 6.45) is 3.83. The maximum Gasteiger partial charge on any atom is 0.159 e. The molecule has 0 fully saturated rings. The van der Waals surface area contributed by atoms with Crippen LogP contribution in [0.1, 0.15) is 6.42 Å². The maximum absolute atomic E-state index is 5.36. The molecule has 12 heavy (non-hydrogen) atoms. The molecule has 0 aliphatic heterocycles. The molecule has 0 saturated heterocycles. The van der Waals surface area contributed by atoms with E-state index in [4.69, 9.17) is 15.2 Å². The van der Waals surface area contributed by atoms with E-state index in [1.807, 2.05) is 0 Å². The molecule has 0 amide bonds. The van der Waals surface area contributed by atoms with E-state index < -0.39 is 0 Å². The van der Waals surface area contributed by atoms with Crippen LogP contribution >= 0.6 is 0 Å². The van der Waals surface area contributed by atoms with Crippen molar-refractivity contribution in [2.45, 2.75) is 12.7 Å². The van der Waals surface area contributed by atoms with Crippen molar-refractivity contribution in [1.82, 2.24) is 0 Å². The summed E-state index contributed by atoms with van der Waals surface area (Å²) >= 11 is 0. The fourth-order valence-electron chi connectivity index (χ4n) is 0.702. The van der Waals surface area contributed by atoms with Gasteiger partial charge in [0.1, 0.15) is 0 Å². The van der Waals surface area contributed by atoms with Gasteiger partial charge in [-0.15, -0.1) is 13.2 Å². The number of ether oxygens (including phenoxy) is 2. The molecule has 0 aromatic carbocycles. The molecule has 0 heterocycles. The molecule has 0 saturated carbocycles. The zero-order chi connectivity index (χ0) is 9.23. The van der Waals surface area contributed by atoms with Gasteiger partial charge < -0.3 is 15.2 Å². The molecule has 0 radical (unpaired) electrons. The van der Waals surface area contributed by atoms with Crippen LogP contribution in [0.4, 0.5) is 0 Å². The van der Waals surface area contributed by atoms with Crippen molar-refractivity contribution >= 4 is 0 Å². The van der Waals surface area contributed by atoms with E-state index in [0.717, 1.165) is 0 Å². The first-order chi connectivity index (χ1) is 5.85. The zero-order valence-corrected chi connectivity index (χ0v) is 7.37. The third kappa shape index (κ3) is 6.09. The molecular formula is C9H17NO2. The maximum atomic E-state index is 5.36. The molecule has 0 rings (SSSR count). The summed E-state index contributed by atoms with van der Waals surface area (Å²) in [5, 5.41) is 0. The Balaban J connectivity index is 3.52. The third-order valence-electron chi connectivity index (χ3n) is 1.20. The fourth-order valence-corrected chi connectivity index (χ4v) is 0.702. The Morgan fingerprint density at radius 2 is 1.67 bits per heavy atom. The molecule has 0 aliphatic rings. The largest absolute Gasteiger partial charge is 0.349 e. The highest BCUT2D eigenvalue weighted by molar-refractivity contribution is 4.67. The van der Waals surface area contributed by atoms with Crippen LogP contribution < -0.4 is 5.73 Å². The summed E-state index contributed by atoms with van der Waals surface area (Å²) in [4.78, 5) is 0. The third-order valence-corrected chi connectivity index (χ3v) is 1.20. The van der Waals surface area contributed by atoms with Crippen LogP contribution in [0.3, 0.4) is 0 Å². The summed E-state index contributed by atoms with van der Waals surface area (Å²) < 4.78 is 10.5. The summed E-state index contributed by atoms with van der Waals surface area (Å²) in [6, 6.07) is 0. The van der Waals surface area contributed by atoms with E-state index in [1.54, 1.807) is 12.2 Å². The monoisotopic (exact) mass is 171 g/mol. The van der Waals surface area contributed by atoms with E-state index in [1.165, 1.54) is 0 Å². The fraction of sp³-hybridized carbons (Fsp3) is 0.556. The summed E-state index contributed by atoms with van der Waals surface area (Å²) in [6.45, 7) is 8.61. The lowest BCUT2D eigenvalue weighted by Crippen LogP contribution is -2.21. The number of hydrogen-bond donors (Lipinski definition) is 1. The Hall–Kier alpha value is -0.640. The Morgan fingerprint density at radius 1 is 1.17 bits per heavy atom. The van der Waals surface area contributed by atoms with Crippen LogP contribution in [0, 0.1) is 0 Å². The van der Waals surface area contributed by atoms with Crippen molar-refractivity contribution in [1.29, 1.82) is 0 Å². The Labute approximate surface area is 73.8 Å². The second-order valence-electron chi connectivity index (χ2n) is 2.25. The first kappa shape index (κ1) is 11.4. The predicted octanol–water partition coefficient (Wildman–Crippen LogP) is 1.07. The molecule has 0 bridgehead atoms. The molecule has 0 aliphatic carbocycles. The van der Waals surface area contributed by atoms with Gasteiger partial charge in [-0.25, -0.2) is 0 Å². The first-order valence-corrected chi connectivity index (χ1v) is 4.00. The average Bonchev–Trinajstić information content (AvgIpc) is 2.10. The number of hydrogen-bond acceptors (Lipinski definition) is 3. The van der Waals surface area contributed by atoms with Crippen LogP contribution in [0.25, 0.3) is 0 Å². The standard InChI is InChI=1S/C9H17NO2/c1-3-7-11-9(5-6-10)12-8-4-2/h3-4,9H,1-2,5-8,10H2. The van der Waals surface area contributed by atoms with Crippen LogP contribution in [0.15, 0.2) is 25.3 Å². The van der Waals surface area contributed by atoms with Crippen LogP contribution in [0.2, 0.25) is 0 Å². The predicted molar refractivity (Wildman–Crippen MR) is 49.8 cm³/mol. The molecule has 3 heteroatoms. The Morgan fingerprint density at radius 3 is 2.00 bits per heavy atom. The second-order valence-corrected chi connectivity index (χ2v) is 2.25. The lowest BCUT2D eigenvalue weighted by molar-refractivity contribution is -0.128. The van der Waals surface area contributed by atoms with E-state index in [2.05, 4.69) is 13.2 Å². The molecule has 70 valence electrons. The minimum atomic E-state index is -0.231. The van der Waals surface area contributed by atoms with Crippen molar-refractivity contribution in [2.24, 2.45) is 5.73 Å². The Bertz CT molecular complexity index is 114. The van der Waals surface area contributed by atoms with E-state index in [9.17, 15) is 0 Å². The van der Waals surface area contributed by atoms with Crippen molar-refractivity contribution in [3.05, 3.63) is 25.3 Å². The molecule has 0 unspecified atom stereocenters.